The largest absolute Gasteiger partial charge is 0.497 e. The maximum atomic E-state index is 13.4. The first kappa shape index (κ1) is 26.1. The van der Waals surface area contributed by atoms with Crippen molar-refractivity contribution in [3.05, 3.63) is 107 Å². The molecule has 8 nitrogen and oxygen atoms in total. The number of hydrogen-bond acceptors (Lipinski definition) is 5. The SMILES string of the molecule is CCCn1c(C)c(C(=O)Nc2ccc(S(=O)c3ccnc4cc(OC)ccc34)cc2)c(=O)n1-c1ccccc1. The van der Waals surface area contributed by atoms with Gasteiger partial charge in [-0.2, -0.15) is 0 Å². The lowest BCUT2D eigenvalue weighted by molar-refractivity contribution is 0.102. The smallest absolute Gasteiger partial charge is 0.284 e. The lowest BCUT2D eigenvalue weighted by Crippen LogP contribution is -2.25. The van der Waals surface area contributed by atoms with Gasteiger partial charge in [-0.3, -0.25) is 19.3 Å². The predicted molar refractivity (Wildman–Crippen MR) is 152 cm³/mol. The van der Waals surface area contributed by atoms with Gasteiger partial charge in [0.15, 0.2) is 0 Å². The molecule has 2 heterocycles. The zero-order valence-electron chi connectivity index (χ0n) is 21.9. The molecule has 1 amide bonds. The van der Waals surface area contributed by atoms with Gasteiger partial charge in [0.1, 0.15) is 11.3 Å². The van der Waals surface area contributed by atoms with E-state index in [0.717, 1.165) is 11.8 Å². The molecule has 9 heteroatoms. The molecule has 0 spiro atoms. The topological polar surface area (TPSA) is 95.2 Å². The number of para-hydroxylation sites is 1. The Bertz CT molecular complexity index is 1740. The Morgan fingerprint density at radius 2 is 1.77 bits per heavy atom. The minimum absolute atomic E-state index is 0.0960. The summed E-state index contributed by atoms with van der Waals surface area (Å²) in [7, 11) is 0.120. The van der Waals surface area contributed by atoms with Crippen molar-refractivity contribution in [3.8, 4) is 11.4 Å². The highest BCUT2D eigenvalue weighted by Crippen LogP contribution is 2.27. The van der Waals surface area contributed by atoms with Crippen LogP contribution in [0.3, 0.4) is 0 Å². The molecule has 0 aliphatic rings. The average molecular weight is 541 g/mol. The summed E-state index contributed by atoms with van der Waals surface area (Å²) >= 11 is 0. The summed E-state index contributed by atoms with van der Waals surface area (Å²) in [6, 6.07) is 23.3. The van der Waals surface area contributed by atoms with Gasteiger partial charge in [-0.05, 0) is 67.9 Å². The van der Waals surface area contributed by atoms with Crippen molar-refractivity contribution < 1.29 is 13.7 Å². The summed E-state index contributed by atoms with van der Waals surface area (Å²) in [6.45, 7) is 4.41. The number of carbonyl (C=O) groups excluding carboxylic acids is 1. The fraction of sp³-hybridized carbons (Fsp3) is 0.167. The fourth-order valence-corrected chi connectivity index (χ4v) is 5.78. The summed E-state index contributed by atoms with van der Waals surface area (Å²) < 4.78 is 22.1. The number of rotatable bonds is 8. The zero-order chi connectivity index (χ0) is 27.5. The van der Waals surface area contributed by atoms with Crippen LogP contribution < -0.4 is 15.6 Å². The number of amides is 1. The van der Waals surface area contributed by atoms with Crippen LogP contribution in [0.4, 0.5) is 5.69 Å². The molecule has 3 aromatic carbocycles. The van der Waals surface area contributed by atoms with E-state index in [2.05, 4.69) is 10.3 Å². The number of pyridine rings is 1. The molecule has 0 aliphatic heterocycles. The van der Waals surface area contributed by atoms with Crippen LogP contribution >= 0.6 is 0 Å². The molecule has 1 atom stereocenters. The van der Waals surface area contributed by atoms with Gasteiger partial charge in [-0.15, -0.1) is 0 Å². The summed E-state index contributed by atoms with van der Waals surface area (Å²) in [5, 5.41) is 3.61. The van der Waals surface area contributed by atoms with Crippen molar-refractivity contribution in [2.24, 2.45) is 0 Å². The first-order valence-corrected chi connectivity index (χ1v) is 13.7. The van der Waals surface area contributed by atoms with Crippen molar-refractivity contribution >= 4 is 33.3 Å². The van der Waals surface area contributed by atoms with Gasteiger partial charge in [0, 0.05) is 34.8 Å². The molecular formula is C30H28N4O4S. The van der Waals surface area contributed by atoms with Gasteiger partial charge < -0.3 is 10.1 Å². The molecule has 5 aromatic rings. The number of aromatic nitrogens is 3. The normalized spacial score (nSPS) is 11.9. The van der Waals surface area contributed by atoms with Gasteiger partial charge in [-0.1, -0.05) is 25.1 Å². The van der Waals surface area contributed by atoms with E-state index in [1.807, 2.05) is 54.1 Å². The third-order valence-electron chi connectivity index (χ3n) is 6.50. The second-order valence-electron chi connectivity index (χ2n) is 8.98. The van der Waals surface area contributed by atoms with Gasteiger partial charge >= 0.3 is 0 Å². The van der Waals surface area contributed by atoms with Gasteiger partial charge in [-0.25, -0.2) is 8.89 Å². The molecule has 5 rings (SSSR count). The van der Waals surface area contributed by atoms with Crippen LogP contribution in [0.5, 0.6) is 5.75 Å². The molecule has 2 aromatic heterocycles. The number of anilines is 1. The van der Waals surface area contributed by atoms with Crippen molar-refractivity contribution in [2.75, 3.05) is 12.4 Å². The molecule has 39 heavy (non-hydrogen) atoms. The minimum Gasteiger partial charge on any atom is -0.497 e. The second-order valence-corrected chi connectivity index (χ2v) is 10.4. The Morgan fingerprint density at radius 1 is 1.03 bits per heavy atom. The van der Waals surface area contributed by atoms with E-state index in [-0.39, 0.29) is 11.1 Å². The lowest BCUT2D eigenvalue weighted by Gasteiger charge is -2.12. The average Bonchev–Trinajstić information content (AvgIpc) is 3.21. The third kappa shape index (κ3) is 5.00. The molecule has 0 radical (unpaired) electrons. The van der Waals surface area contributed by atoms with Crippen LogP contribution in [-0.2, 0) is 17.3 Å². The predicted octanol–water partition coefficient (Wildman–Crippen LogP) is 5.33. The van der Waals surface area contributed by atoms with E-state index in [9.17, 15) is 13.8 Å². The van der Waals surface area contributed by atoms with Crippen molar-refractivity contribution in [1.82, 2.24) is 14.3 Å². The number of carbonyl (C=O) groups is 1. The number of nitrogens with one attached hydrogen (secondary N) is 1. The summed E-state index contributed by atoms with van der Waals surface area (Å²) in [5.74, 6) is 0.189. The third-order valence-corrected chi connectivity index (χ3v) is 7.95. The molecule has 1 unspecified atom stereocenters. The molecule has 0 saturated carbocycles. The van der Waals surface area contributed by atoms with Crippen molar-refractivity contribution in [2.45, 2.75) is 36.6 Å². The van der Waals surface area contributed by atoms with Gasteiger partial charge in [0.25, 0.3) is 11.5 Å². The minimum atomic E-state index is -1.47. The van der Waals surface area contributed by atoms with Crippen LogP contribution in [-0.4, -0.2) is 31.6 Å². The highest BCUT2D eigenvalue weighted by molar-refractivity contribution is 7.85. The Morgan fingerprint density at radius 3 is 2.46 bits per heavy atom. The van der Waals surface area contributed by atoms with E-state index in [0.29, 0.717) is 44.7 Å². The number of fused-ring (bicyclic) bond motifs is 1. The first-order valence-electron chi connectivity index (χ1n) is 12.6. The Balaban J connectivity index is 1.41. The maximum absolute atomic E-state index is 13.4. The van der Waals surface area contributed by atoms with E-state index in [1.54, 1.807) is 61.3 Å². The van der Waals surface area contributed by atoms with Gasteiger partial charge in [0.2, 0.25) is 0 Å². The molecule has 0 bridgehead atoms. The lowest BCUT2D eigenvalue weighted by atomic mass is 10.2. The monoisotopic (exact) mass is 540 g/mol. The standard InChI is InChI=1S/C30H28N4O4S/c1-4-18-33-20(2)28(30(36)34(33)22-8-6-5-7-9-22)29(35)32-21-10-13-24(14-11-21)39(37)27-16-17-31-26-19-23(38-3)12-15-25(26)27/h5-17,19H,4,18H2,1-3H3,(H,32,35). The second kappa shape index (κ2) is 11.1. The number of nitrogens with zero attached hydrogens (tertiary/aromatic N) is 3. The van der Waals surface area contributed by atoms with Crippen molar-refractivity contribution in [3.63, 3.8) is 0 Å². The molecule has 198 valence electrons. The van der Waals surface area contributed by atoms with Gasteiger partial charge in [0.05, 0.1) is 39.7 Å². The van der Waals surface area contributed by atoms with E-state index >= 15 is 0 Å². The highest BCUT2D eigenvalue weighted by Gasteiger charge is 2.23. The molecular weight excluding hydrogens is 512 g/mol. The number of methoxy groups -OCH3 is 1. The number of benzene rings is 3. The molecule has 0 saturated heterocycles. The van der Waals surface area contributed by atoms with Crippen LogP contribution in [0.2, 0.25) is 0 Å². The quantitative estimate of drug-likeness (QED) is 0.287. The number of hydrogen-bond donors (Lipinski definition) is 1. The van der Waals surface area contributed by atoms with Crippen LogP contribution in [0.1, 0.15) is 29.4 Å². The Labute approximate surface area is 228 Å². The number of ether oxygens (including phenoxy) is 1. The summed E-state index contributed by atoms with van der Waals surface area (Å²) in [4.78, 5) is 32.2. The summed E-state index contributed by atoms with van der Waals surface area (Å²) in [6.07, 6.45) is 2.43. The van der Waals surface area contributed by atoms with E-state index in [1.165, 1.54) is 0 Å². The Hall–Kier alpha value is -4.50. The molecule has 0 aliphatic carbocycles. The first-order chi connectivity index (χ1) is 18.9. The van der Waals surface area contributed by atoms with E-state index in [4.69, 9.17) is 4.74 Å². The van der Waals surface area contributed by atoms with Crippen LogP contribution in [0.15, 0.2) is 99.6 Å². The molecule has 1 N–H and O–H groups in total. The van der Waals surface area contributed by atoms with E-state index < -0.39 is 16.7 Å². The zero-order valence-corrected chi connectivity index (χ0v) is 22.7. The summed E-state index contributed by atoms with van der Waals surface area (Å²) in [5.41, 5.74) is 2.21. The van der Waals surface area contributed by atoms with Crippen LogP contribution in [0.25, 0.3) is 16.6 Å². The fourth-order valence-electron chi connectivity index (χ4n) is 4.59. The van der Waals surface area contributed by atoms with Crippen LogP contribution in [0, 0.1) is 6.92 Å². The maximum Gasteiger partial charge on any atom is 0.284 e. The Kier molecular flexibility index (Phi) is 7.42. The van der Waals surface area contributed by atoms with Crippen molar-refractivity contribution in [1.29, 1.82) is 0 Å². The molecule has 0 fully saturated rings. The highest BCUT2D eigenvalue weighted by atomic mass is 32.2.